The van der Waals surface area contributed by atoms with Gasteiger partial charge < -0.3 is 5.73 Å². The van der Waals surface area contributed by atoms with Crippen LogP contribution in [0.5, 0.6) is 0 Å². The second-order valence-electron chi connectivity index (χ2n) is 6.06. The van der Waals surface area contributed by atoms with Crippen LogP contribution in [0.25, 0.3) is 0 Å². The van der Waals surface area contributed by atoms with Crippen LogP contribution in [-0.4, -0.2) is 5.54 Å². The minimum atomic E-state index is 0.191. The first-order chi connectivity index (χ1) is 7.66. The predicted octanol–water partition coefficient (Wildman–Crippen LogP) is 4.64. The van der Waals surface area contributed by atoms with Crippen molar-refractivity contribution < 1.29 is 0 Å². The second kappa shape index (κ2) is 7.32. The van der Waals surface area contributed by atoms with E-state index in [0.29, 0.717) is 0 Å². The molecule has 1 saturated carbocycles. The monoisotopic (exact) mass is 225 g/mol. The van der Waals surface area contributed by atoms with Crippen molar-refractivity contribution in [3.63, 3.8) is 0 Å². The molecule has 1 aliphatic carbocycles. The maximum absolute atomic E-state index is 6.54. The van der Waals surface area contributed by atoms with Crippen LogP contribution in [0.3, 0.4) is 0 Å². The highest BCUT2D eigenvalue weighted by molar-refractivity contribution is 4.86. The van der Waals surface area contributed by atoms with Crippen molar-refractivity contribution in [3.8, 4) is 0 Å². The summed E-state index contributed by atoms with van der Waals surface area (Å²) in [7, 11) is 0. The smallest absolute Gasteiger partial charge is 0.0154 e. The number of nitrogens with two attached hydrogens (primary N) is 1. The fraction of sp³-hybridized carbons (Fsp3) is 1.00. The molecular weight excluding hydrogens is 194 g/mol. The molecule has 0 bridgehead atoms. The Morgan fingerprint density at radius 1 is 1.06 bits per heavy atom. The molecule has 0 amide bonds. The summed E-state index contributed by atoms with van der Waals surface area (Å²) >= 11 is 0. The van der Waals surface area contributed by atoms with E-state index >= 15 is 0 Å². The Morgan fingerprint density at radius 3 is 2.56 bits per heavy atom. The Labute approximate surface area is 102 Å². The number of hydrogen-bond donors (Lipinski definition) is 1. The molecule has 1 fully saturated rings. The van der Waals surface area contributed by atoms with E-state index in [0.717, 1.165) is 5.92 Å². The van der Waals surface area contributed by atoms with Gasteiger partial charge in [-0.1, -0.05) is 58.8 Å². The third kappa shape index (κ3) is 5.34. The van der Waals surface area contributed by atoms with Gasteiger partial charge in [-0.05, 0) is 31.6 Å². The molecule has 1 rings (SSSR count). The SMILES string of the molecule is CCCCCCCC1(N)CCCC(C)CC1. The van der Waals surface area contributed by atoms with Gasteiger partial charge in [0, 0.05) is 5.54 Å². The van der Waals surface area contributed by atoms with E-state index in [1.165, 1.54) is 70.6 Å². The lowest BCUT2D eigenvalue weighted by Crippen LogP contribution is -2.39. The number of rotatable bonds is 6. The zero-order valence-corrected chi connectivity index (χ0v) is 11.4. The minimum Gasteiger partial charge on any atom is -0.325 e. The van der Waals surface area contributed by atoms with E-state index in [1.807, 2.05) is 0 Å². The van der Waals surface area contributed by atoms with Gasteiger partial charge in [0.1, 0.15) is 0 Å². The highest BCUT2D eigenvalue weighted by Gasteiger charge is 2.27. The van der Waals surface area contributed by atoms with E-state index in [9.17, 15) is 0 Å². The molecule has 0 aromatic carbocycles. The Balaban J connectivity index is 2.17. The molecule has 96 valence electrons. The van der Waals surface area contributed by atoms with Crippen LogP contribution >= 0.6 is 0 Å². The molecule has 0 saturated heterocycles. The molecule has 1 heteroatoms. The first-order valence-electron chi connectivity index (χ1n) is 7.45. The predicted molar refractivity (Wildman–Crippen MR) is 72.5 cm³/mol. The molecule has 1 aliphatic rings. The summed E-state index contributed by atoms with van der Waals surface area (Å²) in [5.41, 5.74) is 6.73. The second-order valence-corrected chi connectivity index (χ2v) is 6.06. The summed E-state index contributed by atoms with van der Waals surface area (Å²) in [6.07, 6.45) is 14.8. The van der Waals surface area contributed by atoms with Crippen molar-refractivity contribution in [2.45, 2.75) is 90.0 Å². The largest absolute Gasteiger partial charge is 0.325 e. The molecule has 0 aromatic heterocycles. The van der Waals surface area contributed by atoms with Gasteiger partial charge in [0.05, 0.1) is 0 Å². The molecule has 0 aliphatic heterocycles. The average Bonchev–Trinajstić information content (AvgIpc) is 2.42. The first-order valence-corrected chi connectivity index (χ1v) is 7.45. The van der Waals surface area contributed by atoms with Gasteiger partial charge in [-0.3, -0.25) is 0 Å². The third-order valence-electron chi connectivity index (χ3n) is 4.28. The maximum Gasteiger partial charge on any atom is 0.0154 e. The summed E-state index contributed by atoms with van der Waals surface area (Å²) in [4.78, 5) is 0. The van der Waals surface area contributed by atoms with E-state index < -0.39 is 0 Å². The molecule has 0 aromatic rings. The molecule has 2 unspecified atom stereocenters. The Bertz CT molecular complexity index is 178. The van der Waals surface area contributed by atoms with Crippen LogP contribution in [-0.2, 0) is 0 Å². The lowest BCUT2D eigenvalue weighted by Gasteiger charge is -2.28. The summed E-state index contributed by atoms with van der Waals surface area (Å²) in [5.74, 6) is 0.908. The highest BCUT2D eigenvalue weighted by Crippen LogP contribution is 2.32. The minimum absolute atomic E-state index is 0.191. The topological polar surface area (TPSA) is 26.0 Å². The molecular formula is C15H31N. The van der Waals surface area contributed by atoms with Gasteiger partial charge in [0.15, 0.2) is 0 Å². The normalized spacial score (nSPS) is 31.3. The lowest BCUT2D eigenvalue weighted by molar-refractivity contribution is 0.327. The van der Waals surface area contributed by atoms with Gasteiger partial charge in [0.25, 0.3) is 0 Å². The van der Waals surface area contributed by atoms with Gasteiger partial charge in [-0.2, -0.15) is 0 Å². The van der Waals surface area contributed by atoms with E-state index in [1.54, 1.807) is 0 Å². The fourth-order valence-corrected chi connectivity index (χ4v) is 2.94. The molecule has 0 radical (unpaired) electrons. The van der Waals surface area contributed by atoms with Crippen molar-refractivity contribution >= 4 is 0 Å². The number of unbranched alkanes of at least 4 members (excludes halogenated alkanes) is 4. The molecule has 0 spiro atoms. The van der Waals surface area contributed by atoms with Crippen molar-refractivity contribution in [1.82, 2.24) is 0 Å². The van der Waals surface area contributed by atoms with Crippen LogP contribution < -0.4 is 5.73 Å². The van der Waals surface area contributed by atoms with Crippen molar-refractivity contribution in [2.24, 2.45) is 11.7 Å². The van der Waals surface area contributed by atoms with E-state index in [4.69, 9.17) is 5.73 Å². The van der Waals surface area contributed by atoms with Crippen LogP contribution in [0.2, 0.25) is 0 Å². The van der Waals surface area contributed by atoms with Crippen molar-refractivity contribution in [3.05, 3.63) is 0 Å². The summed E-state index contributed by atoms with van der Waals surface area (Å²) in [6, 6.07) is 0. The Morgan fingerprint density at radius 2 is 1.81 bits per heavy atom. The lowest BCUT2D eigenvalue weighted by atomic mass is 9.85. The van der Waals surface area contributed by atoms with Crippen LogP contribution in [0.15, 0.2) is 0 Å². The van der Waals surface area contributed by atoms with Crippen molar-refractivity contribution in [2.75, 3.05) is 0 Å². The van der Waals surface area contributed by atoms with Crippen LogP contribution in [0.1, 0.15) is 84.5 Å². The van der Waals surface area contributed by atoms with Gasteiger partial charge >= 0.3 is 0 Å². The Hall–Kier alpha value is -0.0400. The highest BCUT2D eigenvalue weighted by atomic mass is 14.7. The molecule has 2 atom stereocenters. The standard InChI is InChI=1S/C15H31N/c1-3-4-5-6-7-11-15(16)12-8-9-14(2)10-13-15/h14H,3-13,16H2,1-2H3. The maximum atomic E-state index is 6.54. The third-order valence-corrected chi connectivity index (χ3v) is 4.28. The summed E-state index contributed by atoms with van der Waals surface area (Å²) < 4.78 is 0. The molecule has 2 N–H and O–H groups in total. The molecule has 16 heavy (non-hydrogen) atoms. The quantitative estimate of drug-likeness (QED) is 0.517. The van der Waals surface area contributed by atoms with Gasteiger partial charge in [-0.15, -0.1) is 0 Å². The summed E-state index contributed by atoms with van der Waals surface area (Å²) in [6.45, 7) is 4.66. The Kier molecular flexibility index (Phi) is 6.41. The summed E-state index contributed by atoms with van der Waals surface area (Å²) in [5, 5.41) is 0. The first kappa shape index (κ1) is 14.0. The zero-order chi connectivity index (χ0) is 11.9. The van der Waals surface area contributed by atoms with Crippen LogP contribution in [0, 0.1) is 5.92 Å². The molecule has 1 nitrogen and oxygen atoms in total. The van der Waals surface area contributed by atoms with E-state index in [-0.39, 0.29) is 5.54 Å². The molecule has 0 heterocycles. The van der Waals surface area contributed by atoms with Gasteiger partial charge in [-0.25, -0.2) is 0 Å². The van der Waals surface area contributed by atoms with Crippen molar-refractivity contribution in [1.29, 1.82) is 0 Å². The van der Waals surface area contributed by atoms with E-state index in [2.05, 4.69) is 13.8 Å². The average molecular weight is 225 g/mol. The van der Waals surface area contributed by atoms with Gasteiger partial charge in [0.2, 0.25) is 0 Å². The number of hydrogen-bond acceptors (Lipinski definition) is 1. The zero-order valence-electron chi connectivity index (χ0n) is 11.4. The van der Waals surface area contributed by atoms with Crippen LogP contribution in [0.4, 0.5) is 0 Å². The fourth-order valence-electron chi connectivity index (χ4n) is 2.94.